The van der Waals surface area contributed by atoms with Gasteiger partial charge in [0, 0.05) is 19.3 Å². The van der Waals surface area contributed by atoms with Gasteiger partial charge in [0.2, 0.25) is 0 Å². The Labute approximate surface area is 839 Å². The Morgan fingerprint density at radius 2 is 0.365 bits per heavy atom. The zero-order chi connectivity index (χ0) is 99.2. The van der Waals surface area contributed by atoms with E-state index in [-0.39, 0.29) is 19.3 Å². The molecule has 0 aromatic heterocycles. The quantitative estimate of drug-likeness (QED) is 0.0146. The number of aliphatic hydroxyl groups excluding tert-OH is 2. The second-order valence-corrected chi connectivity index (χ2v) is 39.9. The van der Waals surface area contributed by atoms with Gasteiger partial charge in [-0.1, -0.05) is 498 Å². The number of aliphatic hydroxyl groups is 2. The molecule has 0 saturated heterocycles. The van der Waals surface area contributed by atoms with Crippen LogP contribution in [0, 0.1) is 0 Å². The molecule has 0 spiro atoms. The summed E-state index contributed by atoms with van der Waals surface area (Å²) in [5.74, 6) is -1.55. The molecule has 137 heavy (non-hydrogen) atoms. The van der Waals surface area contributed by atoms with Gasteiger partial charge in [0.25, 0.3) is 0 Å². The zero-order valence-electron chi connectivity index (χ0n) is 87.4. The molecule has 0 bridgehead atoms. The highest BCUT2D eigenvalue weighted by molar-refractivity contribution is 7.47. The van der Waals surface area contributed by atoms with E-state index in [2.05, 4.69) is 215 Å². The van der Waals surface area contributed by atoms with E-state index >= 15 is 0 Å². The number of hydrogen-bond acceptors (Lipinski definition) is 14. The second-order valence-electron chi connectivity index (χ2n) is 37.0. The smallest absolute Gasteiger partial charge is 0.463 e. The number of ether oxygens (including phenoxy) is 3. The fraction of sp³-hybridized carbons (Fsp3) is 0.706. The monoisotopic (exact) mass is 1950 g/mol. The lowest BCUT2D eigenvalue weighted by molar-refractivity contribution is -0.161. The third-order valence-electron chi connectivity index (χ3n) is 23.8. The van der Waals surface area contributed by atoms with Crippen LogP contribution in [0.5, 0.6) is 0 Å². The summed E-state index contributed by atoms with van der Waals surface area (Å²) in [7, 11) is -9.82. The van der Waals surface area contributed by atoms with Crippen LogP contribution < -0.4 is 0 Å². The molecule has 0 saturated carbocycles. The average Bonchev–Trinajstić information content (AvgIpc) is 0.898. The number of carbonyl (C=O) groups is 3. The van der Waals surface area contributed by atoms with E-state index in [1.165, 1.54) is 250 Å². The Morgan fingerprint density at radius 1 is 0.204 bits per heavy atom. The van der Waals surface area contributed by atoms with Crippen LogP contribution in [0.4, 0.5) is 0 Å². The molecular weight excluding hydrogens is 1750 g/mol. The molecule has 0 heterocycles. The van der Waals surface area contributed by atoms with Crippen molar-refractivity contribution in [3.05, 3.63) is 194 Å². The molecule has 4 N–H and O–H groups in total. The Hall–Kier alpha value is -5.61. The van der Waals surface area contributed by atoms with Gasteiger partial charge >= 0.3 is 33.6 Å². The van der Waals surface area contributed by atoms with Crippen molar-refractivity contribution < 1.29 is 75.8 Å². The second kappa shape index (κ2) is 109. The van der Waals surface area contributed by atoms with Gasteiger partial charge in [-0.2, -0.15) is 0 Å². The fourth-order valence-corrected chi connectivity index (χ4v) is 17.1. The Bertz CT molecular complexity index is 3270. The van der Waals surface area contributed by atoms with E-state index in [9.17, 15) is 43.5 Å². The molecule has 0 aliphatic carbocycles. The Morgan fingerprint density at radius 3 is 0.577 bits per heavy atom. The number of rotatable bonds is 105. The van der Waals surface area contributed by atoms with Crippen LogP contribution >= 0.6 is 15.6 Å². The van der Waals surface area contributed by atoms with Gasteiger partial charge in [0.05, 0.1) is 26.4 Å². The highest BCUT2D eigenvalue weighted by atomic mass is 31.2. The predicted octanol–water partition coefficient (Wildman–Crippen LogP) is 36.0. The maximum atomic E-state index is 13.2. The molecule has 0 aliphatic heterocycles. The number of carbonyl (C=O) groups excluding carboxylic acids is 3. The van der Waals surface area contributed by atoms with Crippen LogP contribution in [-0.4, -0.2) is 95.9 Å². The number of allylic oxidation sites excluding steroid dienone is 32. The van der Waals surface area contributed by atoms with Crippen LogP contribution in [0.1, 0.15) is 483 Å². The molecule has 0 rings (SSSR count). The Balaban J connectivity index is 4.59. The van der Waals surface area contributed by atoms with Crippen molar-refractivity contribution in [2.45, 2.75) is 501 Å². The third-order valence-corrected chi connectivity index (χ3v) is 25.7. The lowest BCUT2D eigenvalue weighted by Gasteiger charge is -2.21. The van der Waals surface area contributed by atoms with Gasteiger partial charge in [0.15, 0.2) is 6.10 Å². The molecule has 16 nitrogen and oxygen atoms in total. The molecule has 5 atom stereocenters. The summed E-state index contributed by atoms with van der Waals surface area (Å²) in [6.07, 6.45) is 148. The van der Waals surface area contributed by atoms with Gasteiger partial charge in [-0.15, -0.1) is 0 Å². The maximum Gasteiger partial charge on any atom is 0.472 e. The summed E-state index contributed by atoms with van der Waals surface area (Å²) in [5, 5.41) is 20.8. The molecule has 0 fully saturated rings. The lowest BCUT2D eigenvalue weighted by atomic mass is 10.0. The predicted molar refractivity (Wildman–Crippen MR) is 583 cm³/mol. The number of unbranched alkanes of at least 4 members (excludes halogenated alkanes) is 50. The summed E-state index contributed by atoms with van der Waals surface area (Å²) in [5.41, 5.74) is 0. The SMILES string of the molecule is CC/C=C\C/C=C\C/C=C\C/C=C\C/C=C\C/C=C\CCCCCCCCCCCCCCCCCCC(=O)OCC(O)COP(=O)(O)OCC(O)COP(=O)(O)OCC(COC(=O)CCCCCCCCCCCCCCCCCCCCC/C=C\C/C=C\C/C=C\C/C=C\C/C=C\CC)OC(=O)CCCCCCCCCCCCCCCCC/C=C\C/C=C\C/C=C\C/C=C\C/C=C\CC. The molecular formula is C119H204O16P2. The molecule has 0 aromatic rings. The minimum Gasteiger partial charge on any atom is -0.463 e. The molecule has 0 radical (unpaired) electrons. The standard InChI is InChI=1S/C119H204O16P2/c1-4-7-10-13-16-19-22-25-28-31-34-37-40-43-46-49-52-54-56-58-61-63-66-69-72-75-78-81-84-87-90-93-96-99-102-105-117(122)129-108-114(120)109-131-136(125,126)132-110-115(121)111-133-137(127,128)134-113-116(135-119(124)107-104-101-98-95-92-89-86-83-80-77-74-71-68-65-60-51-48-45-42-39-36-33-30-27-24-21-18-15-12-9-6-3)112-130-118(123)106-103-100-97-94-91-88-85-82-79-76-73-70-67-64-62-59-57-55-53-50-47-44-41-38-35-32-29-26-23-20-17-14-11-8-5-2/h7-12,16-21,25-30,34-39,43-48,52,54,114-116,120-121H,4-6,13-15,22-24,31-33,40-42,49-51,53,55-113H2,1-3H3,(H,125,126)(H,127,128)/b10-7-,11-8-,12-9-,19-16-,20-17-,21-18-,28-25-,29-26-,30-27-,37-34-,38-35-,39-36-,46-43-,47-44-,48-45-,54-52-. The van der Waals surface area contributed by atoms with Crippen molar-refractivity contribution in [3.63, 3.8) is 0 Å². The largest absolute Gasteiger partial charge is 0.472 e. The zero-order valence-corrected chi connectivity index (χ0v) is 89.2. The Kier molecular flexibility index (Phi) is 105. The lowest BCUT2D eigenvalue weighted by Crippen LogP contribution is -2.30. The highest BCUT2D eigenvalue weighted by Crippen LogP contribution is 2.45. The van der Waals surface area contributed by atoms with E-state index in [0.717, 1.165) is 173 Å². The molecule has 0 amide bonds. The molecule has 0 aromatic carbocycles. The van der Waals surface area contributed by atoms with Crippen LogP contribution in [0.3, 0.4) is 0 Å². The van der Waals surface area contributed by atoms with Gasteiger partial charge in [0.1, 0.15) is 25.4 Å². The van der Waals surface area contributed by atoms with E-state index < -0.39 is 91.5 Å². The normalized spacial score (nSPS) is 14.3. The molecule has 0 aliphatic rings. The van der Waals surface area contributed by atoms with Crippen molar-refractivity contribution in [1.82, 2.24) is 0 Å². The summed E-state index contributed by atoms with van der Waals surface area (Å²) in [6.45, 7) is 2.44. The van der Waals surface area contributed by atoms with Gasteiger partial charge in [-0.05, 0) is 161 Å². The van der Waals surface area contributed by atoms with E-state index in [4.69, 9.17) is 32.3 Å². The number of phosphoric acid groups is 2. The van der Waals surface area contributed by atoms with Gasteiger partial charge in [-0.3, -0.25) is 32.5 Å². The summed E-state index contributed by atoms with van der Waals surface area (Å²) in [4.78, 5) is 59.4. The van der Waals surface area contributed by atoms with Crippen molar-refractivity contribution in [3.8, 4) is 0 Å². The van der Waals surface area contributed by atoms with Crippen LogP contribution in [0.15, 0.2) is 194 Å². The average molecular weight is 1950 g/mol. The minimum absolute atomic E-state index is 0.103. The van der Waals surface area contributed by atoms with E-state index in [1.807, 2.05) is 0 Å². The van der Waals surface area contributed by atoms with Crippen molar-refractivity contribution >= 4 is 33.6 Å². The third kappa shape index (κ3) is 111. The molecule has 18 heteroatoms. The first-order valence-electron chi connectivity index (χ1n) is 55.7. The summed E-state index contributed by atoms with van der Waals surface area (Å²) in [6, 6.07) is 0. The first kappa shape index (κ1) is 131. The fourth-order valence-electron chi connectivity index (χ4n) is 15.5. The first-order valence-corrected chi connectivity index (χ1v) is 58.7. The highest BCUT2D eigenvalue weighted by Gasteiger charge is 2.30. The van der Waals surface area contributed by atoms with Gasteiger partial charge in [-0.25, -0.2) is 9.13 Å². The topological polar surface area (TPSA) is 231 Å². The number of esters is 3. The van der Waals surface area contributed by atoms with Crippen LogP contribution in [0.25, 0.3) is 0 Å². The number of hydrogen-bond donors (Lipinski definition) is 4. The van der Waals surface area contributed by atoms with Crippen LogP contribution in [-0.2, 0) is 55.8 Å². The van der Waals surface area contributed by atoms with E-state index in [0.29, 0.717) is 19.3 Å². The van der Waals surface area contributed by atoms with Crippen molar-refractivity contribution in [2.75, 3.05) is 39.6 Å². The van der Waals surface area contributed by atoms with Crippen LogP contribution in [0.2, 0.25) is 0 Å². The molecule has 5 unspecified atom stereocenters. The van der Waals surface area contributed by atoms with Crippen molar-refractivity contribution in [1.29, 1.82) is 0 Å². The minimum atomic E-state index is -4.95. The van der Waals surface area contributed by atoms with E-state index in [1.54, 1.807) is 0 Å². The maximum absolute atomic E-state index is 13.2. The number of phosphoric ester groups is 2. The summed E-state index contributed by atoms with van der Waals surface area (Å²) >= 11 is 0. The molecule has 786 valence electrons. The summed E-state index contributed by atoms with van der Waals surface area (Å²) < 4.78 is 61.9. The van der Waals surface area contributed by atoms with Gasteiger partial charge < -0.3 is 34.2 Å². The first-order chi connectivity index (χ1) is 67.2. The van der Waals surface area contributed by atoms with Crippen molar-refractivity contribution in [2.24, 2.45) is 0 Å².